The Hall–Kier alpha value is -3.02. The van der Waals surface area contributed by atoms with Crippen molar-refractivity contribution in [2.75, 3.05) is 10.2 Å². The van der Waals surface area contributed by atoms with Gasteiger partial charge in [0.1, 0.15) is 5.75 Å². The van der Waals surface area contributed by atoms with Gasteiger partial charge in [-0.15, -0.1) is 0 Å². The highest BCUT2D eigenvalue weighted by Crippen LogP contribution is 2.34. The number of nitrogens with one attached hydrogen (secondary N) is 1. The van der Waals surface area contributed by atoms with Crippen molar-refractivity contribution in [2.24, 2.45) is 5.73 Å². The van der Waals surface area contributed by atoms with Crippen LogP contribution < -0.4 is 16.0 Å². The molecule has 0 aliphatic carbocycles. The van der Waals surface area contributed by atoms with Gasteiger partial charge >= 0.3 is 6.03 Å². The molecule has 4 N–H and O–H groups in total. The highest BCUT2D eigenvalue weighted by atomic mass is 16.3. The molecule has 0 aliphatic heterocycles. The number of phenolic OH excluding ortho intramolecular Hbond substituents is 1. The first-order valence-electron chi connectivity index (χ1n) is 5.81. The van der Waals surface area contributed by atoms with Gasteiger partial charge in [0.2, 0.25) is 6.41 Å². The number of amides is 3. The molecule has 6 nitrogen and oxygen atoms in total. The number of hydrogen-bond acceptors (Lipinski definition) is 3. The van der Waals surface area contributed by atoms with Crippen LogP contribution in [0.1, 0.15) is 0 Å². The van der Waals surface area contributed by atoms with Crippen LogP contribution >= 0.6 is 0 Å². The van der Waals surface area contributed by atoms with Crippen molar-refractivity contribution in [3.8, 4) is 5.75 Å². The van der Waals surface area contributed by atoms with Crippen molar-refractivity contribution >= 4 is 29.5 Å². The molecular formula is C14H13N3O3. The van der Waals surface area contributed by atoms with Gasteiger partial charge in [-0.05, 0) is 24.3 Å². The molecule has 20 heavy (non-hydrogen) atoms. The Morgan fingerprint density at radius 3 is 2.45 bits per heavy atom. The minimum Gasteiger partial charge on any atom is -0.506 e. The van der Waals surface area contributed by atoms with E-state index in [2.05, 4.69) is 5.32 Å². The van der Waals surface area contributed by atoms with Gasteiger partial charge in [0.25, 0.3) is 0 Å². The predicted molar refractivity (Wildman–Crippen MR) is 76.0 cm³/mol. The summed E-state index contributed by atoms with van der Waals surface area (Å²) in [5.41, 5.74) is 6.56. The molecule has 0 atom stereocenters. The number of primary amides is 1. The lowest BCUT2D eigenvalue weighted by molar-refractivity contribution is -0.105. The SMILES string of the molecule is NC(=O)N(c1ccccc1)c1ccc(NC=O)cc1O. The van der Waals surface area contributed by atoms with Crippen molar-refractivity contribution < 1.29 is 14.7 Å². The van der Waals surface area contributed by atoms with Crippen molar-refractivity contribution in [3.05, 3.63) is 48.5 Å². The van der Waals surface area contributed by atoms with Crippen molar-refractivity contribution in [2.45, 2.75) is 0 Å². The van der Waals surface area contributed by atoms with E-state index in [-0.39, 0.29) is 11.4 Å². The Labute approximate surface area is 115 Å². The van der Waals surface area contributed by atoms with Crippen molar-refractivity contribution in [3.63, 3.8) is 0 Å². The molecule has 0 aromatic heterocycles. The number of urea groups is 1. The second-order valence-electron chi connectivity index (χ2n) is 3.97. The summed E-state index contributed by atoms with van der Waals surface area (Å²) in [5, 5.41) is 12.4. The van der Waals surface area contributed by atoms with E-state index in [1.165, 1.54) is 17.0 Å². The number of rotatable bonds is 4. The summed E-state index contributed by atoms with van der Waals surface area (Å²) in [6.45, 7) is 0. The van der Waals surface area contributed by atoms with Gasteiger partial charge < -0.3 is 16.2 Å². The number of para-hydroxylation sites is 1. The van der Waals surface area contributed by atoms with Crippen LogP contribution in [0, 0.1) is 0 Å². The molecule has 0 saturated heterocycles. The van der Waals surface area contributed by atoms with Crippen molar-refractivity contribution in [1.29, 1.82) is 0 Å². The first-order chi connectivity index (χ1) is 9.63. The normalized spacial score (nSPS) is 9.80. The van der Waals surface area contributed by atoms with Gasteiger partial charge in [0.05, 0.1) is 11.4 Å². The summed E-state index contributed by atoms with van der Waals surface area (Å²) in [5.74, 6) is -0.167. The van der Waals surface area contributed by atoms with Crippen LogP contribution in [0.3, 0.4) is 0 Å². The molecule has 0 unspecified atom stereocenters. The first kappa shape index (κ1) is 13.4. The predicted octanol–water partition coefficient (Wildman–Crippen LogP) is 2.18. The monoisotopic (exact) mass is 271 g/mol. The van der Waals surface area contributed by atoms with E-state index in [0.717, 1.165) is 0 Å². The van der Waals surface area contributed by atoms with Gasteiger partial charge in [-0.1, -0.05) is 18.2 Å². The molecule has 0 bridgehead atoms. The topological polar surface area (TPSA) is 95.7 Å². The smallest absolute Gasteiger partial charge is 0.324 e. The summed E-state index contributed by atoms with van der Waals surface area (Å²) in [4.78, 5) is 23.2. The van der Waals surface area contributed by atoms with E-state index in [1.54, 1.807) is 36.4 Å². The number of carbonyl (C=O) groups is 2. The lowest BCUT2D eigenvalue weighted by atomic mass is 10.2. The van der Waals surface area contributed by atoms with Crippen LogP contribution in [0.5, 0.6) is 5.75 Å². The Bertz CT molecular complexity index is 629. The average Bonchev–Trinajstić information content (AvgIpc) is 2.43. The minimum absolute atomic E-state index is 0.167. The van der Waals surface area contributed by atoms with Gasteiger partial charge in [-0.25, -0.2) is 4.79 Å². The Morgan fingerprint density at radius 1 is 1.20 bits per heavy atom. The molecule has 0 saturated carbocycles. The summed E-state index contributed by atoms with van der Waals surface area (Å²) in [6, 6.07) is 12.4. The van der Waals surface area contributed by atoms with Gasteiger partial charge in [0, 0.05) is 11.8 Å². The highest BCUT2D eigenvalue weighted by Gasteiger charge is 2.18. The fraction of sp³-hybridized carbons (Fsp3) is 0. The van der Waals surface area contributed by atoms with Crippen LogP contribution in [0.25, 0.3) is 0 Å². The van der Waals surface area contributed by atoms with E-state index in [1.807, 2.05) is 0 Å². The van der Waals surface area contributed by atoms with Gasteiger partial charge in [-0.3, -0.25) is 9.69 Å². The third-order valence-electron chi connectivity index (χ3n) is 2.68. The standard InChI is InChI=1S/C14H13N3O3/c15-14(20)17(11-4-2-1-3-5-11)12-7-6-10(16-9-18)8-13(12)19/h1-9,19H,(H2,15,20)(H,16,18). The summed E-state index contributed by atoms with van der Waals surface area (Å²) >= 11 is 0. The zero-order valence-electron chi connectivity index (χ0n) is 10.5. The molecule has 0 fully saturated rings. The third kappa shape index (κ3) is 2.69. The fourth-order valence-corrected chi connectivity index (χ4v) is 1.83. The van der Waals surface area contributed by atoms with Crippen LogP contribution in [0.4, 0.5) is 21.9 Å². The summed E-state index contributed by atoms with van der Waals surface area (Å²) < 4.78 is 0. The number of carbonyl (C=O) groups excluding carboxylic acids is 2. The number of aromatic hydroxyl groups is 1. The third-order valence-corrected chi connectivity index (χ3v) is 2.68. The number of benzene rings is 2. The van der Waals surface area contributed by atoms with E-state index in [9.17, 15) is 14.7 Å². The van der Waals surface area contributed by atoms with E-state index in [0.29, 0.717) is 17.8 Å². The van der Waals surface area contributed by atoms with Gasteiger partial charge in [0.15, 0.2) is 0 Å². The number of phenols is 1. The van der Waals surface area contributed by atoms with E-state index in [4.69, 9.17) is 5.73 Å². The molecule has 2 rings (SSSR count). The molecule has 0 heterocycles. The minimum atomic E-state index is -0.720. The average molecular weight is 271 g/mol. The highest BCUT2D eigenvalue weighted by molar-refractivity contribution is 6.00. The maximum atomic E-state index is 11.6. The molecule has 3 amide bonds. The molecular weight excluding hydrogens is 258 g/mol. The van der Waals surface area contributed by atoms with Crippen LogP contribution in [-0.2, 0) is 4.79 Å². The Morgan fingerprint density at radius 2 is 1.90 bits per heavy atom. The zero-order chi connectivity index (χ0) is 14.5. The van der Waals surface area contributed by atoms with Crippen LogP contribution in [0.2, 0.25) is 0 Å². The largest absolute Gasteiger partial charge is 0.506 e. The Kier molecular flexibility index (Phi) is 3.85. The maximum Gasteiger partial charge on any atom is 0.324 e. The number of nitrogens with zero attached hydrogens (tertiary/aromatic N) is 1. The van der Waals surface area contributed by atoms with Crippen LogP contribution in [0.15, 0.2) is 48.5 Å². The lowest BCUT2D eigenvalue weighted by Gasteiger charge is -2.21. The second-order valence-corrected chi connectivity index (χ2v) is 3.97. The molecule has 6 heteroatoms. The van der Waals surface area contributed by atoms with E-state index >= 15 is 0 Å². The number of hydrogen-bond donors (Lipinski definition) is 3. The molecule has 0 spiro atoms. The molecule has 102 valence electrons. The maximum absolute atomic E-state index is 11.6. The fourth-order valence-electron chi connectivity index (χ4n) is 1.83. The van der Waals surface area contributed by atoms with Gasteiger partial charge in [-0.2, -0.15) is 0 Å². The van der Waals surface area contributed by atoms with Crippen LogP contribution in [-0.4, -0.2) is 17.5 Å². The second kappa shape index (κ2) is 5.75. The summed E-state index contributed by atoms with van der Waals surface area (Å²) in [6.07, 6.45) is 0.498. The lowest BCUT2D eigenvalue weighted by Crippen LogP contribution is -2.31. The number of anilines is 3. The summed E-state index contributed by atoms with van der Waals surface area (Å²) in [7, 11) is 0. The number of nitrogens with two attached hydrogens (primary N) is 1. The Balaban J connectivity index is 2.45. The van der Waals surface area contributed by atoms with Crippen molar-refractivity contribution in [1.82, 2.24) is 0 Å². The molecule has 0 aliphatic rings. The first-order valence-corrected chi connectivity index (χ1v) is 5.81. The quantitative estimate of drug-likeness (QED) is 0.743. The molecule has 0 radical (unpaired) electrons. The molecule has 2 aromatic carbocycles. The molecule has 2 aromatic rings. The van der Waals surface area contributed by atoms with E-state index < -0.39 is 6.03 Å². The zero-order valence-corrected chi connectivity index (χ0v) is 10.5.